The molecular weight excluding hydrogens is 463 g/mol. The second kappa shape index (κ2) is 9.22. The van der Waals surface area contributed by atoms with Crippen LogP contribution in [-0.4, -0.2) is 51.9 Å². The van der Waals surface area contributed by atoms with E-state index in [1.54, 1.807) is 42.6 Å². The molecule has 1 aromatic carbocycles. The van der Waals surface area contributed by atoms with Crippen molar-refractivity contribution in [2.24, 2.45) is 0 Å². The first kappa shape index (κ1) is 22.6. The van der Waals surface area contributed by atoms with Crippen LogP contribution in [0.1, 0.15) is 5.69 Å². The highest BCUT2D eigenvalue weighted by molar-refractivity contribution is 5.99. The molecule has 180 valence electrons. The van der Waals surface area contributed by atoms with Crippen molar-refractivity contribution in [2.45, 2.75) is 6.18 Å². The lowest BCUT2D eigenvalue weighted by molar-refractivity contribution is -0.142. The molecule has 0 aliphatic carbocycles. The summed E-state index contributed by atoms with van der Waals surface area (Å²) in [6.45, 7) is 1.93. The molecule has 4 aromatic rings. The standard InChI is InChI=1S/C23H20F3N7O2/c24-23(25,26)19-8-7-18-21(32-10-12-35-13-11-32)30-20(31-33(18)19)15-3-5-16(6-4-15)28-22(34)29-17-2-1-9-27-14-17/h1-9,14H,10-13H2,(H2,28,29,34). The minimum atomic E-state index is -4.57. The van der Waals surface area contributed by atoms with Crippen molar-refractivity contribution < 1.29 is 22.7 Å². The summed E-state index contributed by atoms with van der Waals surface area (Å²) in [7, 11) is 0. The molecule has 35 heavy (non-hydrogen) atoms. The number of morpholine rings is 1. The van der Waals surface area contributed by atoms with Gasteiger partial charge in [0, 0.05) is 30.5 Å². The molecule has 2 N–H and O–H groups in total. The molecular formula is C23H20F3N7O2. The van der Waals surface area contributed by atoms with E-state index in [0.29, 0.717) is 49.1 Å². The van der Waals surface area contributed by atoms with Crippen molar-refractivity contribution in [3.05, 3.63) is 66.6 Å². The number of hydrogen-bond acceptors (Lipinski definition) is 6. The van der Waals surface area contributed by atoms with Gasteiger partial charge in [-0.1, -0.05) is 0 Å². The van der Waals surface area contributed by atoms with Gasteiger partial charge in [0.2, 0.25) is 0 Å². The zero-order valence-electron chi connectivity index (χ0n) is 18.3. The molecule has 2 amide bonds. The fourth-order valence-corrected chi connectivity index (χ4v) is 3.76. The number of hydrogen-bond donors (Lipinski definition) is 2. The van der Waals surface area contributed by atoms with Gasteiger partial charge < -0.3 is 20.3 Å². The molecule has 1 aliphatic heterocycles. The van der Waals surface area contributed by atoms with Crippen molar-refractivity contribution in [1.82, 2.24) is 19.6 Å². The van der Waals surface area contributed by atoms with Crippen molar-refractivity contribution in [1.29, 1.82) is 0 Å². The minimum Gasteiger partial charge on any atom is -0.378 e. The third-order valence-electron chi connectivity index (χ3n) is 5.41. The Bertz CT molecular complexity index is 1340. The summed E-state index contributed by atoms with van der Waals surface area (Å²) >= 11 is 0. The number of ether oxygens (including phenoxy) is 1. The number of fused-ring (bicyclic) bond motifs is 1. The van der Waals surface area contributed by atoms with E-state index in [2.05, 4.69) is 25.7 Å². The van der Waals surface area contributed by atoms with Gasteiger partial charge in [-0.2, -0.15) is 13.2 Å². The van der Waals surface area contributed by atoms with Crippen LogP contribution in [0.5, 0.6) is 0 Å². The molecule has 0 radical (unpaired) electrons. The maximum Gasteiger partial charge on any atom is 0.433 e. The SMILES string of the molecule is O=C(Nc1ccc(-c2nc(N3CCOCC3)c3ccc(C(F)(F)F)n3n2)cc1)Nc1cccnc1. The molecule has 9 nitrogen and oxygen atoms in total. The highest BCUT2D eigenvalue weighted by Gasteiger charge is 2.35. The number of benzene rings is 1. The van der Waals surface area contributed by atoms with Crippen LogP contribution < -0.4 is 15.5 Å². The Morgan fingerprint density at radius 1 is 0.971 bits per heavy atom. The summed E-state index contributed by atoms with van der Waals surface area (Å²) < 4.78 is 47.1. The number of pyridine rings is 1. The van der Waals surface area contributed by atoms with E-state index in [-0.39, 0.29) is 11.3 Å². The molecule has 4 heterocycles. The number of halogens is 3. The normalized spacial score (nSPS) is 14.2. The third-order valence-corrected chi connectivity index (χ3v) is 5.41. The van der Waals surface area contributed by atoms with E-state index < -0.39 is 17.9 Å². The topological polar surface area (TPSA) is 96.7 Å². The van der Waals surface area contributed by atoms with Crippen LogP contribution in [0, 0.1) is 0 Å². The van der Waals surface area contributed by atoms with Gasteiger partial charge in [-0.25, -0.2) is 14.3 Å². The van der Waals surface area contributed by atoms with E-state index in [1.165, 1.54) is 12.3 Å². The number of carbonyl (C=O) groups excluding carboxylic acids is 1. The second-order valence-corrected chi connectivity index (χ2v) is 7.77. The molecule has 0 spiro atoms. The zero-order chi connectivity index (χ0) is 24.4. The lowest BCUT2D eigenvalue weighted by Gasteiger charge is -2.28. The maximum atomic E-state index is 13.6. The number of anilines is 3. The first-order valence-electron chi connectivity index (χ1n) is 10.8. The van der Waals surface area contributed by atoms with Gasteiger partial charge in [0.15, 0.2) is 11.6 Å². The molecule has 1 fully saturated rings. The van der Waals surface area contributed by atoms with Gasteiger partial charge in [-0.3, -0.25) is 4.98 Å². The molecule has 0 unspecified atom stereocenters. The molecule has 1 aliphatic rings. The van der Waals surface area contributed by atoms with Crippen LogP contribution in [0.2, 0.25) is 0 Å². The van der Waals surface area contributed by atoms with E-state index in [4.69, 9.17) is 4.74 Å². The first-order valence-corrected chi connectivity index (χ1v) is 10.8. The lowest BCUT2D eigenvalue weighted by Crippen LogP contribution is -2.37. The first-order chi connectivity index (χ1) is 16.9. The zero-order valence-corrected chi connectivity index (χ0v) is 18.3. The second-order valence-electron chi connectivity index (χ2n) is 7.77. The van der Waals surface area contributed by atoms with Crippen LogP contribution in [0.15, 0.2) is 60.9 Å². The fraction of sp³-hybridized carbons (Fsp3) is 0.217. The van der Waals surface area contributed by atoms with Gasteiger partial charge in [-0.15, -0.1) is 5.10 Å². The fourth-order valence-electron chi connectivity index (χ4n) is 3.76. The number of rotatable bonds is 4. The number of aromatic nitrogens is 4. The number of amides is 2. The van der Waals surface area contributed by atoms with E-state index in [1.807, 2.05) is 4.90 Å². The van der Waals surface area contributed by atoms with E-state index >= 15 is 0 Å². The Balaban J connectivity index is 1.45. The smallest absolute Gasteiger partial charge is 0.378 e. The Labute approximate surface area is 197 Å². The molecule has 3 aromatic heterocycles. The summed E-state index contributed by atoms with van der Waals surface area (Å²) in [5.74, 6) is 0.541. The van der Waals surface area contributed by atoms with Crippen LogP contribution >= 0.6 is 0 Å². The lowest BCUT2D eigenvalue weighted by atomic mass is 10.2. The van der Waals surface area contributed by atoms with Crippen molar-refractivity contribution >= 4 is 28.7 Å². The van der Waals surface area contributed by atoms with Crippen molar-refractivity contribution in [3.8, 4) is 11.4 Å². The van der Waals surface area contributed by atoms with Crippen LogP contribution in [0.25, 0.3) is 16.9 Å². The van der Waals surface area contributed by atoms with Crippen LogP contribution in [0.4, 0.5) is 35.2 Å². The van der Waals surface area contributed by atoms with Gasteiger partial charge in [0.25, 0.3) is 0 Å². The maximum absolute atomic E-state index is 13.6. The van der Waals surface area contributed by atoms with Gasteiger partial charge >= 0.3 is 12.2 Å². The summed E-state index contributed by atoms with van der Waals surface area (Å²) in [6, 6.07) is 11.9. The summed E-state index contributed by atoms with van der Waals surface area (Å²) in [6.07, 6.45) is -1.47. The highest BCUT2D eigenvalue weighted by Crippen LogP contribution is 2.34. The van der Waals surface area contributed by atoms with Crippen molar-refractivity contribution in [3.63, 3.8) is 0 Å². The number of nitrogens with one attached hydrogen (secondary N) is 2. The monoisotopic (exact) mass is 483 g/mol. The molecule has 5 rings (SSSR count). The van der Waals surface area contributed by atoms with Gasteiger partial charge in [-0.05, 0) is 48.5 Å². The summed E-state index contributed by atoms with van der Waals surface area (Å²) in [4.78, 5) is 22.6. The summed E-state index contributed by atoms with van der Waals surface area (Å²) in [5, 5.41) is 9.54. The predicted octanol–water partition coefficient (Wildman–Crippen LogP) is 4.29. The minimum absolute atomic E-state index is 0.132. The predicted molar refractivity (Wildman–Crippen MR) is 123 cm³/mol. The third kappa shape index (κ3) is 4.87. The summed E-state index contributed by atoms with van der Waals surface area (Å²) in [5.41, 5.74) is 0.915. The number of carbonyl (C=O) groups is 1. The Kier molecular flexibility index (Phi) is 5.95. The molecule has 12 heteroatoms. The van der Waals surface area contributed by atoms with Gasteiger partial charge in [0.1, 0.15) is 11.2 Å². The van der Waals surface area contributed by atoms with E-state index in [9.17, 15) is 18.0 Å². The largest absolute Gasteiger partial charge is 0.433 e. The molecule has 1 saturated heterocycles. The van der Waals surface area contributed by atoms with E-state index in [0.717, 1.165) is 10.6 Å². The van der Waals surface area contributed by atoms with Crippen molar-refractivity contribution in [2.75, 3.05) is 41.8 Å². The Morgan fingerprint density at radius 2 is 1.71 bits per heavy atom. The number of nitrogens with zero attached hydrogens (tertiary/aromatic N) is 5. The van der Waals surface area contributed by atoms with Gasteiger partial charge in [0.05, 0.1) is 25.1 Å². The van der Waals surface area contributed by atoms with Crippen LogP contribution in [0.3, 0.4) is 0 Å². The molecule has 0 bridgehead atoms. The quantitative estimate of drug-likeness (QED) is 0.450. The number of alkyl halides is 3. The molecule has 0 atom stereocenters. The van der Waals surface area contributed by atoms with Crippen LogP contribution in [-0.2, 0) is 10.9 Å². The number of urea groups is 1. The highest BCUT2D eigenvalue weighted by atomic mass is 19.4. The Hall–Kier alpha value is -4.19. The average molecular weight is 483 g/mol. The molecule has 0 saturated carbocycles. The Morgan fingerprint density at radius 3 is 2.40 bits per heavy atom. The average Bonchev–Trinajstić information content (AvgIpc) is 3.30.